The molecule has 0 spiro atoms. The van der Waals surface area contributed by atoms with E-state index < -0.39 is 0 Å². The molecule has 0 bridgehead atoms. The molecule has 0 aromatic carbocycles. The fourth-order valence-corrected chi connectivity index (χ4v) is 1.58. The van der Waals surface area contributed by atoms with Crippen molar-refractivity contribution in [3.63, 3.8) is 0 Å². The van der Waals surface area contributed by atoms with Crippen LogP contribution in [-0.4, -0.2) is 13.7 Å². The highest BCUT2D eigenvalue weighted by molar-refractivity contribution is 4.69. The van der Waals surface area contributed by atoms with Crippen molar-refractivity contribution in [3.05, 3.63) is 12.7 Å². The maximum Gasteiger partial charge on any atom is 0.0490 e. The standard InChI is InChI=1S/C12H24O/c1-4-6-8-10-12(11-13-3)9-7-5-2/h5,12H,2,4,6-11H2,1,3H3. The largest absolute Gasteiger partial charge is 0.384 e. The van der Waals surface area contributed by atoms with Crippen molar-refractivity contribution in [2.75, 3.05) is 13.7 Å². The molecule has 0 N–H and O–H groups in total. The maximum absolute atomic E-state index is 5.20. The number of ether oxygens (including phenoxy) is 1. The van der Waals surface area contributed by atoms with Crippen molar-refractivity contribution in [1.29, 1.82) is 0 Å². The van der Waals surface area contributed by atoms with Crippen LogP contribution in [-0.2, 0) is 4.74 Å². The van der Waals surface area contributed by atoms with Gasteiger partial charge >= 0.3 is 0 Å². The molecule has 13 heavy (non-hydrogen) atoms. The molecule has 0 radical (unpaired) electrons. The van der Waals surface area contributed by atoms with Gasteiger partial charge in [-0.1, -0.05) is 32.3 Å². The van der Waals surface area contributed by atoms with Crippen LogP contribution in [0.4, 0.5) is 0 Å². The lowest BCUT2D eigenvalue weighted by molar-refractivity contribution is 0.142. The van der Waals surface area contributed by atoms with E-state index in [4.69, 9.17) is 4.74 Å². The number of methoxy groups -OCH3 is 1. The number of hydrogen-bond donors (Lipinski definition) is 0. The van der Waals surface area contributed by atoms with E-state index in [1.165, 1.54) is 32.1 Å². The van der Waals surface area contributed by atoms with Crippen LogP contribution >= 0.6 is 0 Å². The Hall–Kier alpha value is -0.300. The highest BCUT2D eigenvalue weighted by Crippen LogP contribution is 2.16. The van der Waals surface area contributed by atoms with E-state index in [1.54, 1.807) is 7.11 Å². The maximum atomic E-state index is 5.20. The SMILES string of the molecule is C=CCCC(CCCCC)COC. The van der Waals surface area contributed by atoms with Gasteiger partial charge in [-0.2, -0.15) is 0 Å². The first-order valence-corrected chi connectivity index (χ1v) is 5.45. The van der Waals surface area contributed by atoms with E-state index in [2.05, 4.69) is 13.5 Å². The molecule has 0 aromatic rings. The fourth-order valence-electron chi connectivity index (χ4n) is 1.58. The molecular formula is C12H24O. The van der Waals surface area contributed by atoms with E-state index >= 15 is 0 Å². The van der Waals surface area contributed by atoms with Crippen molar-refractivity contribution >= 4 is 0 Å². The summed E-state index contributed by atoms with van der Waals surface area (Å²) in [5.41, 5.74) is 0. The lowest BCUT2D eigenvalue weighted by atomic mass is 9.97. The smallest absolute Gasteiger partial charge is 0.0490 e. The monoisotopic (exact) mass is 184 g/mol. The van der Waals surface area contributed by atoms with Crippen molar-refractivity contribution < 1.29 is 4.74 Å². The number of unbranched alkanes of at least 4 members (excludes halogenated alkanes) is 2. The van der Waals surface area contributed by atoms with Gasteiger partial charge in [0.2, 0.25) is 0 Å². The molecule has 0 rings (SSSR count). The summed E-state index contributed by atoms with van der Waals surface area (Å²) in [7, 11) is 1.79. The Kier molecular flexibility index (Phi) is 9.56. The van der Waals surface area contributed by atoms with Gasteiger partial charge in [-0.05, 0) is 25.2 Å². The van der Waals surface area contributed by atoms with Crippen LogP contribution in [0.25, 0.3) is 0 Å². The average Bonchev–Trinajstić information content (AvgIpc) is 2.14. The van der Waals surface area contributed by atoms with Crippen LogP contribution in [0.3, 0.4) is 0 Å². The van der Waals surface area contributed by atoms with Gasteiger partial charge < -0.3 is 4.74 Å². The molecule has 0 fully saturated rings. The summed E-state index contributed by atoms with van der Waals surface area (Å²) in [4.78, 5) is 0. The minimum absolute atomic E-state index is 0.745. The summed E-state index contributed by atoms with van der Waals surface area (Å²) in [6, 6.07) is 0. The molecular weight excluding hydrogens is 160 g/mol. The van der Waals surface area contributed by atoms with Crippen molar-refractivity contribution in [2.45, 2.75) is 45.4 Å². The Morgan fingerprint density at radius 3 is 2.62 bits per heavy atom. The zero-order chi connectivity index (χ0) is 9.94. The van der Waals surface area contributed by atoms with Crippen molar-refractivity contribution in [2.24, 2.45) is 5.92 Å². The summed E-state index contributed by atoms with van der Waals surface area (Å²) in [5.74, 6) is 0.745. The van der Waals surface area contributed by atoms with E-state index in [9.17, 15) is 0 Å². The predicted molar refractivity (Wildman–Crippen MR) is 58.9 cm³/mol. The average molecular weight is 184 g/mol. The quantitative estimate of drug-likeness (QED) is 0.391. The molecule has 1 nitrogen and oxygen atoms in total. The number of hydrogen-bond acceptors (Lipinski definition) is 1. The van der Waals surface area contributed by atoms with Gasteiger partial charge in [-0.15, -0.1) is 6.58 Å². The Labute approximate surface area is 83.2 Å². The summed E-state index contributed by atoms with van der Waals surface area (Å²) in [6.07, 6.45) is 9.69. The summed E-state index contributed by atoms with van der Waals surface area (Å²) >= 11 is 0. The van der Waals surface area contributed by atoms with Crippen LogP contribution in [0, 0.1) is 5.92 Å². The zero-order valence-electron chi connectivity index (χ0n) is 9.22. The second-order valence-corrected chi connectivity index (χ2v) is 3.68. The summed E-state index contributed by atoms with van der Waals surface area (Å²) < 4.78 is 5.20. The first-order chi connectivity index (χ1) is 6.35. The van der Waals surface area contributed by atoms with E-state index in [0.29, 0.717) is 0 Å². The van der Waals surface area contributed by atoms with Crippen LogP contribution in [0.5, 0.6) is 0 Å². The van der Waals surface area contributed by atoms with Crippen LogP contribution in [0.2, 0.25) is 0 Å². The molecule has 78 valence electrons. The van der Waals surface area contributed by atoms with E-state index in [0.717, 1.165) is 18.9 Å². The van der Waals surface area contributed by atoms with Crippen molar-refractivity contribution in [3.8, 4) is 0 Å². The minimum Gasteiger partial charge on any atom is -0.384 e. The molecule has 0 aliphatic carbocycles. The van der Waals surface area contributed by atoms with Crippen LogP contribution in [0.1, 0.15) is 45.4 Å². The topological polar surface area (TPSA) is 9.23 Å². The van der Waals surface area contributed by atoms with Gasteiger partial charge in [-0.25, -0.2) is 0 Å². The second-order valence-electron chi connectivity index (χ2n) is 3.68. The van der Waals surface area contributed by atoms with Gasteiger partial charge in [-0.3, -0.25) is 0 Å². The zero-order valence-corrected chi connectivity index (χ0v) is 9.22. The minimum atomic E-state index is 0.745. The summed E-state index contributed by atoms with van der Waals surface area (Å²) in [5, 5.41) is 0. The Morgan fingerprint density at radius 1 is 1.31 bits per heavy atom. The highest BCUT2D eigenvalue weighted by Gasteiger charge is 2.06. The van der Waals surface area contributed by atoms with Gasteiger partial charge in [0.25, 0.3) is 0 Å². The molecule has 0 aliphatic rings. The molecule has 0 aliphatic heterocycles. The molecule has 0 aromatic heterocycles. The van der Waals surface area contributed by atoms with Gasteiger partial charge in [0.05, 0.1) is 0 Å². The van der Waals surface area contributed by atoms with Gasteiger partial charge in [0, 0.05) is 13.7 Å². The summed E-state index contributed by atoms with van der Waals surface area (Å²) in [6.45, 7) is 6.91. The second kappa shape index (κ2) is 9.79. The third-order valence-electron chi connectivity index (χ3n) is 2.40. The normalized spacial score (nSPS) is 12.8. The van der Waals surface area contributed by atoms with Crippen LogP contribution in [0.15, 0.2) is 12.7 Å². The fraction of sp³-hybridized carbons (Fsp3) is 0.833. The van der Waals surface area contributed by atoms with Gasteiger partial charge in [0.15, 0.2) is 0 Å². The third-order valence-corrected chi connectivity index (χ3v) is 2.40. The Balaban J connectivity index is 3.46. The van der Waals surface area contributed by atoms with E-state index in [-0.39, 0.29) is 0 Å². The van der Waals surface area contributed by atoms with Crippen LogP contribution < -0.4 is 0 Å². The van der Waals surface area contributed by atoms with Gasteiger partial charge in [0.1, 0.15) is 0 Å². The molecule has 0 heterocycles. The van der Waals surface area contributed by atoms with E-state index in [1.807, 2.05) is 6.08 Å². The Morgan fingerprint density at radius 2 is 2.08 bits per heavy atom. The first-order valence-electron chi connectivity index (χ1n) is 5.45. The molecule has 0 amide bonds. The third kappa shape index (κ3) is 8.04. The lowest BCUT2D eigenvalue weighted by Crippen LogP contribution is -2.07. The van der Waals surface area contributed by atoms with Crippen molar-refractivity contribution in [1.82, 2.24) is 0 Å². The molecule has 0 saturated heterocycles. The predicted octanol–water partition coefficient (Wildman–Crippen LogP) is 3.80. The molecule has 0 saturated carbocycles. The number of rotatable bonds is 9. The highest BCUT2D eigenvalue weighted by atomic mass is 16.5. The Bertz CT molecular complexity index is 110. The first kappa shape index (κ1) is 12.7. The number of allylic oxidation sites excluding steroid dienone is 1. The molecule has 1 atom stereocenters. The lowest BCUT2D eigenvalue weighted by Gasteiger charge is -2.14. The molecule has 1 heteroatoms. The molecule has 1 unspecified atom stereocenters.